The van der Waals surface area contributed by atoms with Crippen LogP contribution in [0.3, 0.4) is 0 Å². The standard InChI is InChI=1S/C10H12FNO3S/c1-3-7(2)15-10-5-4-8(6-9(10)11)16(12,13)14/h3-7H,1H2,2H3,(H2,12,13,14). The molecular weight excluding hydrogens is 233 g/mol. The zero-order valence-electron chi connectivity index (χ0n) is 8.68. The molecule has 88 valence electrons. The summed E-state index contributed by atoms with van der Waals surface area (Å²) in [4.78, 5) is -0.288. The summed E-state index contributed by atoms with van der Waals surface area (Å²) in [6.07, 6.45) is 1.13. The summed E-state index contributed by atoms with van der Waals surface area (Å²) >= 11 is 0. The van der Waals surface area contributed by atoms with Crippen molar-refractivity contribution in [2.45, 2.75) is 17.9 Å². The van der Waals surface area contributed by atoms with E-state index in [0.717, 1.165) is 6.07 Å². The van der Waals surface area contributed by atoms with E-state index in [4.69, 9.17) is 9.88 Å². The van der Waals surface area contributed by atoms with Gasteiger partial charge in [0.2, 0.25) is 10.0 Å². The Morgan fingerprint density at radius 2 is 2.19 bits per heavy atom. The van der Waals surface area contributed by atoms with E-state index in [2.05, 4.69) is 6.58 Å². The lowest BCUT2D eigenvalue weighted by atomic mass is 10.3. The Kier molecular flexibility index (Phi) is 3.66. The highest BCUT2D eigenvalue weighted by molar-refractivity contribution is 7.89. The van der Waals surface area contributed by atoms with E-state index in [1.54, 1.807) is 6.92 Å². The van der Waals surface area contributed by atoms with Crippen LogP contribution in [-0.2, 0) is 10.0 Å². The van der Waals surface area contributed by atoms with E-state index < -0.39 is 15.8 Å². The van der Waals surface area contributed by atoms with Crippen LogP contribution in [0.1, 0.15) is 6.92 Å². The highest BCUT2D eigenvalue weighted by Crippen LogP contribution is 2.21. The van der Waals surface area contributed by atoms with Crippen molar-refractivity contribution in [2.24, 2.45) is 5.14 Å². The molecule has 0 aliphatic rings. The maximum absolute atomic E-state index is 13.4. The first-order valence-electron chi connectivity index (χ1n) is 4.46. The third-order valence-corrected chi connectivity index (χ3v) is 2.79. The zero-order valence-corrected chi connectivity index (χ0v) is 9.50. The summed E-state index contributed by atoms with van der Waals surface area (Å²) in [6, 6.07) is 3.22. The smallest absolute Gasteiger partial charge is 0.238 e. The van der Waals surface area contributed by atoms with Gasteiger partial charge in [-0.1, -0.05) is 12.7 Å². The number of hydrogen-bond donors (Lipinski definition) is 1. The van der Waals surface area contributed by atoms with Crippen LogP contribution in [0.2, 0.25) is 0 Å². The molecule has 0 aliphatic carbocycles. The Balaban J connectivity index is 3.05. The van der Waals surface area contributed by atoms with Gasteiger partial charge in [0, 0.05) is 0 Å². The molecule has 1 atom stereocenters. The van der Waals surface area contributed by atoms with Crippen molar-refractivity contribution in [3.05, 3.63) is 36.7 Å². The Labute approximate surface area is 93.6 Å². The molecule has 0 aromatic heterocycles. The van der Waals surface area contributed by atoms with E-state index in [9.17, 15) is 12.8 Å². The molecule has 1 unspecified atom stereocenters. The molecule has 4 nitrogen and oxygen atoms in total. The topological polar surface area (TPSA) is 69.4 Å². The van der Waals surface area contributed by atoms with Crippen LogP contribution in [0.25, 0.3) is 0 Å². The van der Waals surface area contributed by atoms with Gasteiger partial charge in [-0.25, -0.2) is 17.9 Å². The number of halogens is 1. The highest BCUT2D eigenvalue weighted by atomic mass is 32.2. The molecule has 2 N–H and O–H groups in total. The third kappa shape index (κ3) is 3.04. The summed E-state index contributed by atoms with van der Waals surface area (Å²) < 4.78 is 40.4. The quantitative estimate of drug-likeness (QED) is 0.816. The number of rotatable bonds is 4. The van der Waals surface area contributed by atoms with Crippen molar-refractivity contribution in [1.82, 2.24) is 0 Å². The van der Waals surface area contributed by atoms with Gasteiger partial charge in [0.05, 0.1) is 4.90 Å². The van der Waals surface area contributed by atoms with Gasteiger partial charge in [0.25, 0.3) is 0 Å². The van der Waals surface area contributed by atoms with Gasteiger partial charge in [0.15, 0.2) is 11.6 Å². The van der Waals surface area contributed by atoms with Crippen molar-refractivity contribution in [3.8, 4) is 5.75 Å². The number of primary sulfonamides is 1. The molecule has 0 amide bonds. The molecule has 0 bridgehead atoms. The maximum atomic E-state index is 13.4. The van der Waals surface area contributed by atoms with E-state index in [1.165, 1.54) is 18.2 Å². The van der Waals surface area contributed by atoms with Gasteiger partial charge >= 0.3 is 0 Å². The first kappa shape index (κ1) is 12.7. The van der Waals surface area contributed by atoms with E-state index in [0.29, 0.717) is 0 Å². The van der Waals surface area contributed by atoms with Crippen LogP contribution in [0.4, 0.5) is 4.39 Å². The SMILES string of the molecule is C=CC(C)Oc1ccc(S(N)(=O)=O)cc1F. The Morgan fingerprint density at radius 1 is 1.56 bits per heavy atom. The molecule has 0 spiro atoms. The summed E-state index contributed by atoms with van der Waals surface area (Å²) in [5.41, 5.74) is 0. The second-order valence-corrected chi connectivity index (χ2v) is 4.76. The van der Waals surface area contributed by atoms with Crippen molar-refractivity contribution in [2.75, 3.05) is 0 Å². The van der Waals surface area contributed by atoms with Crippen LogP contribution >= 0.6 is 0 Å². The molecule has 0 saturated heterocycles. The number of nitrogens with two attached hydrogens (primary N) is 1. The largest absolute Gasteiger partial charge is 0.484 e. The summed E-state index contributed by atoms with van der Waals surface area (Å²) in [5, 5.41) is 4.85. The van der Waals surface area contributed by atoms with Crippen LogP contribution in [0, 0.1) is 5.82 Å². The van der Waals surface area contributed by atoms with Gasteiger partial charge in [-0.2, -0.15) is 0 Å². The molecule has 1 aromatic carbocycles. The number of hydrogen-bond acceptors (Lipinski definition) is 3. The molecule has 0 heterocycles. The van der Waals surface area contributed by atoms with Crippen molar-refractivity contribution < 1.29 is 17.5 Å². The molecule has 1 aromatic rings. The van der Waals surface area contributed by atoms with E-state index in [-0.39, 0.29) is 16.7 Å². The normalized spacial score (nSPS) is 13.2. The number of benzene rings is 1. The predicted molar refractivity (Wildman–Crippen MR) is 58.1 cm³/mol. The average molecular weight is 245 g/mol. The lowest BCUT2D eigenvalue weighted by Gasteiger charge is -2.11. The van der Waals surface area contributed by atoms with Crippen molar-refractivity contribution in [3.63, 3.8) is 0 Å². The Morgan fingerprint density at radius 3 is 2.62 bits per heavy atom. The fourth-order valence-electron chi connectivity index (χ4n) is 1.00. The van der Waals surface area contributed by atoms with Gasteiger partial charge in [-0.05, 0) is 25.1 Å². The Hall–Kier alpha value is -1.40. The molecule has 0 radical (unpaired) electrons. The molecule has 0 aliphatic heterocycles. The minimum Gasteiger partial charge on any atom is -0.484 e. The third-order valence-electron chi connectivity index (χ3n) is 1.88. The van der Waals surface area contributed by atoms with Crippen molar-refractivity contribution >= 4 is 10.0 Å². The second-order valence-electron chi connectivity index (χ2n) is 3.20. The van der Waals surface area contributed by atoms with Gasteiger partial charge in [-0.3, -0.25) is 0 Å². The minimum absolute atomic E-state index is 0.0419. The molecule has 6 heteroatoms. The van der Waals surface area contributed by atoms with E-state index >= 15 is 0 Å². The molecular formula is C10H12FNO3S. The summed E-state index contributed by atoms with van der Waals surface area (Å²) in [5.74, 6) is -0.819. The highest BCUT2D eigenvalue weighted by Gasteiger charge is 2.13. The maximum Gasteiger partial charge on any atom is 0.238 e. The molecule has 16 heavy (non-hydrogen) atoms. The average Bonchev–Trinajstić information content (AvgIpc) is 2.19. The first-order valence-corrected chi connectivity index (χ1v) is 6.01. The van der Waals surface area contributed by atoms with E-state index in [1.807, 2.05) is 0 Å². The minimum atomic E-state index is -3.89. The fraction of sp³-hybridized carbons (Fsp3) is 0.200. The Bertz CT molecular complexity index is 499. The first-order chi connectivity index (χ1) is 7.34. The lowest BCUT2D eigenvalue weighted by Crippen LogP contribution is -2.13. The number of ether oxygens (including phenoxy) is 1. The fourth-order valence-corrected chi connectivity index (χ4v) is 1.53. The predicted octanol–water partition coefficient (Wildman–Crippen LogP) is 1.43. The van der Waals surface area contributed by atoms with Crippen LogP contribution in [-0.4, -0.2) is 14.5 Å². The molecule has 0 saturated carbocycles. The summed E-state index contributed by atoms with van der Waals surface area (Å²) in [7, 11) is -3.89. The van der Waals surface area contributed by atoms with Crippen LogP contribution in [0.15, 0.2) is 35.7 Å². The zero-order chi connectivity index (χ0) is 12.3. The van der Waals surface area contributed by atoms with Crippen molar-refractivity contribution in [1.29, 1.82) is 0 Å². The number of sulfonamides is 1. The lowest BCUT2D eigenvalue weighted by molar-refractivity contribution is 0.257. The molecule has 1 rings (SSSR count). The van der Waals surface area contributed by atoms with Crippen LogP contribution < -0.4 is 9.88 Å². The monoisotopic (exact) mass is 245 g/mol. The summed E-state index contributed by atoms with van der Waals surface area (Å²) in [6.45, 7) is 5.16. The van der Waals surface area contributed by atoms with Gasteiger partial charge in [0.1, 0.15) is 6.10 Å². The van der Waals surface area contributed by atoms with Gasteiger partial charge < -0.3 is 4.74 Å². The molecule has 0 fully saturated rings. The van der Waals surface area contributed by atoms with Gasteiger partial charge in [-0.15, -0.1) is 0 Å². The second kappa shape index (κ2) is 4.63. The van der Waals surface area contributed by atoms with Crippen LogP contribution in [0.5, 0.6) is 5.75 Å².